The second kappa shape index (κ2) is 8.58. The highest BCUT2D eigenvalue weighted by Crippen LogP contribution is 2.34. The van der Waals surface area contributed by atoms with E-state index < -0.39 is 26.6 Å². The van der Waals surface area contributed by atoms with E-state index in [2.05, 4.69) is 0 Å². The summed E-state index contributed by atoms with van der Waals surface area (Å²) >= 11 is 0. The maximum atomic E-state index is 12.7. The molecule has 0 amide bonds. The fourth-order valence-electron chi connectivity index (χ4n) is 2.96. The molecule has 0 spiro atoms. The summed E-state index contributed by atoms with van der Waals surface area (Å²) in [7, 11) is -3.78. The molecule has 1 heterocycles. The number of benzene rings is 2. The molecule has 9 nitrogen and oxygen atoms in total. The van der Waals surface area contributed by atoms with Crippen LogP contribution >= 0.6 is 0 Å². The van der Waals surface area contributed by atoms with Crippen molar-refractivity contribution >= 4 is 21.7 Å². The first-order chi connectivity index (χ1) is 13.8. The van der Waals surface area contributed by atoms with Gasteiger partial charge >= 0.3 is 11.7 Å². The van der Waals surface area contributed by atoms with E-state index in [9.17, 15) is 23.3 Å². The van der Waals surface area contributed by atoms with E-state index in [1.54, 1.807) is 6.92 Å². The Bertz CT molecular complexity index is 1010. The van der Waals surface area contributed by atoms with Gasteiger partial charge in [-0.1, -0.05) is 0 Å². The van der Waals surface area contributed by atoms with Crippen LogP contribution in [0.3, 0.4) is 0 Å². The topological polar surface area (TPSA) is 116 Å². The van der Waals surface area contributed by atoms with Crippen molar-refractivity contribution in [3.05, 3.63) is 58.1 Å². The Balaban J connectivity index is 1.86. The molecule has 1 aliphatic heterocycles. The average Bonchev–Trinajstić information content (AvgIpc) is 3.24. The highest BCUT2D eigenvalue weighted by Gasteiger charge is 2.30. The summed E-state index contributed by atoms with van der Waals surface area (Å²) in [5.41, 5.74) is -0.138. The van der Waals surface area contributed by atoms with E-state index in [0.29, 0.717) is 18.7 Å². The molecule has 0 atom stereocenters. The van der Waals surface area contributed by atoms with Crippen LogP contribution in [-0.2, 0) is 14.8 Å². The molecule has 0 bridgehead atoms. The first-order valence-electron chi connectivity index (χ1n) is 9.06. The summed E-state index contributed by atoms with van der Waals surface area (Å²) in [5.74, 6) is -0.322. The zero-order valence-corrected chi connectivity index (χ0v) is 16.6. The van der Waals surface area contributed by atoms with Crippen molar-refractivity contribution in [2.45, 2.75) is 24.7 Å². The van der Waals surface area contributed by atoms with Gasteiger partial charge in [-0.25, -0.2) is 13.2 Å². The lowest BCUT2D eigenvalue weighted by Gasteiger charge is -2.16. The maximum Gasteiger partial charge on any atom is 0.338 e. The molecule has 0 N–H and O–H groups in total. The van der Waals surface area contributed by atoms with Gasteiger partial charge in [-0.2, -0.15) is 4.31 Å². The summed E-state index contributed by atoms with van der Waals surface area (Å²) in [4.78, 5) is 22.3. The molecule has 29 heavy (non-hydrogen) atoms. The second-order valence-corrected chi connectivity index (χ2v) is 8.28. The van der Waals surface area contributed by atoms with E-state index in [0.717, 1.165) is 18.9 Å². The van der Waals surface area contributed by atoms with Crippen molar-refractivity contribution in [2.24, 2.45) is 0 Å². The number of hydrogen-bond donors (Lipinski definition) is 0. The van der Waals surface area contributed by atoms with Gasteiger partial charge in [0, 0.05) is 19.2 Å². The number of rotatable bonds is 7. The van der Waals surface area contributed by atoms with Crippen molar-refractivity contribution < 1.29 is 27.6 Å². The Morgan fingerprint density at radius 2 is 1.79 bits per heavy atom. The number of carbonyl (C=O) groups is 1. The van der Waals surface area contributed by atoms with Gasteiger partial charge in [0.15, 0.2) is 0 Å². The van der Waals surface area contributed by atoms with Gasteiger partial charge in [0.2, 0.25) is 15.8 Å². The third-order valence-electron chi connectivity index (χ3n) is 4.42. The van der Waals surface area contributed by atoms with Gasteiger partial charge in [-0.15, -0.1) is 0 Å². The van der Waals surface area contributed by atoms with Gasteiger partial charge < -0.3 is 9.47 Å². The van der Waals surface area contributed by atoms with Gasteiger partial charge in [0.25, 0.3) is 0 Å². The first kappa shape index (κ1) is 20.7. The van der Waals surface area contributed by atoms with E-state index in [1.807, 2.05) is 0 Å². The Hall–Kier alpha value is -2.98. The molecule has 1 fully saturated rings. The van der Waals surface area contributed by atoms with Gasteiger partial charge in [0.1, 0.15) is 5.75 Å². The number of hydrogen-bond acceptors (Lipinski definition) is 7. The third-order valence-corrected chi connectivity index (χ3v) is 6.32. The SMILES string of the molecule is CCOC(=O)c1ccc(Oc2ccc(S(=O)(=O)N3CCCC3)cc2[N+](=O)[O-])cc1. The molecule has 3 rings (SSSR count). The van der Waals surface area contributed by atoms with Gasteiger partial charge in [-0.05, 0) is 56.2 Å². The molecule has 0 aliphatic carbocycles. The van der Waals surface area contributed by atoms with Crippen LogP contribution in [0.2, 0.25) is 0 Å². The standard InChI is InChI=1S/C19H20N2O7S/c1-2-27-19(22)14-5-7-15(8-6-14)28-18-10-9-16(13-17(18)21(23)24)29(25,26)20-11-3-4-12-20/h5-10,13H,2-4,11-12H2,1H3. The third kappa shape index (κ3) is 4.54. The Labute approximate surface area is 168 Å². The molecule has 0 saturated carbocycles. The van der Waals surface area contributed by atoms with Crippen LogP contribution in [0.5, 0.6) is 11.5 Å². The number of ether oxygens (including phenoxy) is 2. The lowest BCUT2D eigenvalue weighted by Crippen LogP contribution is -2.27. The van der Waals surface area contributed by atoms with Crippen molar-refractivity contribution in [1.29, 1.82) is 0 Å². The van der Waals surface area contributed by atoms with Crippen molar-refractivity contribution in [2.75, 3.05) is 19.7 Å². The van der Waals surface area contributed by atoms with E-state index in [4.69, 9.17) is 9.47 Å². The Kier molecular flexibility index (Phi) is 6.14. The van der Waals surface area contributed by atoms with Crippen molar-refractivity contribution in [3.63, 3.8) is 0 Å². The second-order valence-electron chi connectivity index (χ2n) is 6.34. The fraction of sp³-hybridized carbons (Fsp3) is 0.316. The molecule has 0 unspecified atom stereocenters. The zero-order chi connectivity index (χ0) is 21.0. The Morgan fingerprint density at radius 1 is 1.14 bits per heavy atom. The van der Waals surface area contributed by atoms with Crippen molar-refractivity contribution in [1.82, 2.24) is 4.31 Å². The summed E-state index contributed by atoms with van der Waals surface area (Å²) < 4.78 is 37.1. The summed E-state index contributed by atoms with van der Waals surface area (Å²) in [6.07, 6.45) is 1.54. The molecule has 10 heteroatoms. The molecule has 1 aliphatic rings. The highest BCUT2D eigenvalue weighted by atomic mass is 32.2. The molecule has 0 aromatic heterocycles. The molecule has 0 radical (unpaired) electrons. The molecular formula is C19H20N2O7S. The molecular weight excluding hydrogens is 400 g/mol. The first-order valence-corrected chi connectivity index (χ1v) is 10.5. The molecule has 2 aromatic rings. The van der Waals surface area contributed by atoms with E-state index in [-0.39, 0.29) is 23.0 Å². The fourth-order valence-corrected chi connectivity index (χ4v) is 4.50. The zero-order valence-electron chi connectivity index (χ0n) is 15.7. The predicted molar refractivity (Wildman–Crippen MR) is 104 cm³/mol. The van der Waals surface area contributed by atoms with Crippen LogP contribution in [0, 0.1) is 10.1 Å². The van der Waals surface area contributed by atoms with E-state index >= 15 is 0 Å². The lowest BCUT2D eigenvalue weighted by molar-refractivity contribution is -0.385. The lowest BCUT2D eigenvalue weighted by atomic mass is 10.2. The number of esters is 1. The largest absolute Gasteiger partial charge is 0.462 e. The number of nitro benzene ring substituents is 1. The van der Waals surface area contributed by atoms with Crippen LogP contribution in [0.15, 0.2) is 47.4 Å². The van der Waals surface area contributed by atoms with Crippen LogP contribution in [-0.4, -0.2) is 43.3 Å². The average molecular weight is 420 g/mol. The molecule has 2 aromatic carbocycles. The van der Waals surface area contributed by atoms with Crippen LogP contribution in [0.4, 0.5) is 5.69 Å². The summed E-state index contributed by atoms with van der Waals surface area (Å²) in [6.45, 7) is 2.75. The minimum Gasteiger partial charge on any atom is -0.462 e. The Morgan fingerprint density at radius 3 is 2.38 bits per heavy atom. The van der Waals surface area contributed by atoms with E-state index in [1.165, 1.54) is 40.7 Å². The minimum absolute atomic E-state index is 0.0979. The van der Waals surface area contributed by atoms with Crippen LogP contribution in [0.1, 0.15) is 30.1 Å². The highest BCUT2D eigenvalue weighted by molar-refractivity contribution is 7.89. The van der Waals surface area contributed by atoms with Crippen LogP contribution < -0.4 is 4.74 Å². The number of sulfonamides is 1. The van der Waals surface area contributed by atoms with Crippen LogP contribution in [0.25, 0.3) is 0 Å². The summed E-state index contributed by atoms with van der Waals surface area (Å²) in [5, 5.41) is 11.5. The predicted octanol–water partition coefficient (Wildman–Crippen LogP) is 3.35. The van der Waals surface area contributed by atoms with Gasteiger partial charge in [-0.3, -0.25) is 10.1 Å². The number of nitro groups is 1. The minimum atomic E-state index is -3.78. The number of carbonyl (C=O) groups excluding carboxylic acids is 1. The number of nitrogens with zero attached hydrogens (tertiary/aromatic N) is 2. The quantitative estimate of drug-likeness (QED) is 0.383. The normalized spacial score (nSPS) is 14.5. The summed E-state index contributed by atoms with van der Waals surface area (Å²) in [6, 6.07) is 9.48. The van der Waals surface area contributed by atoms with Gasteiger partial charge in [0.05, 0.1) is 22.0 Å². The molecule has 1 saturated heterocycles. The maximum absolute atomic E-state index is 12.7. The smallest absolute Gasteiger partial charge is 0.338 e. The van der Waals surface area contributed by atoms with Crippen molar-refractivity contribution in [3.8, 4) is 11.5 Å². The monoisotopic (exact) mass is 420 g/mol. The molecule has 154 valence electrons.